The lowest BCUT2D eigenvalue weighted by molar-refractivity contribution is -0.132. The van der Waals surface area contributed by atoms with Crippen LogP contribution < -0.4 is 4.90 Å². The van der Waals surface area contributed by atoms with Crippen LogP contribution in [0, 0.1) is 11.3 Å². The van der Waals surface area contributed by atoms with Gasteiger partial charge in [0.05, 0.1) is 0 Å². The molecule has 92 valence electrons. The van der Waals surface area contributed by atoms with Crippen molar-refractivity contribution < 1.29 is 9.90 Å². The SMILES string of the molecule is CN1CCCc2cc(C=C(C#N)C(=O)O)ccc21. The average Bonchev–Trinajstić information content (AvgIpc) is 2.35. The van der Waals surface area contributed by atoms with Crippen molar-refractivity contribution in [1.29, 1.82) is 5.26 Å². The first kappa shape index (κ1) is 12.2. The van der Waals surface area contributed by atoms with Crippen molar-refractivity contribution in [3.05, 3.63) is 34.9 Å². The Hall–Kier alpha value is -2.28. The number of nitrogens with zero attached hydrogens (tertiary/aromatic N) is 2. The van der Waals surface area contributed by atoms with E-state index in [0.717, 1.165) is 24.9 Å². The molecule has 0 radical (unpaired) electrons. The van der Waals surface area contributed by atoms with Crippen LogP contribution in [0.1, 0.15) is 17.5 Å². The summed E-state index contributed by atoms with van der Waals surface area (Å²) in [7, 11) is 2.05. The Labute approximate surface area is 106 Å². The Morgan fingerprint density at radius 2 is 2.33 bits per heavy atom. The highest BCUT2D eigenvalue weighted by atomic mass is 16.4. The van der Waals surface area contributed by atoms with Gasteiger partial charge < -0.3 is 10.0 Å². The van der Waals surface area contributed by atoms with Crippen molar-refractivity contribution in [2.24, 2.45) is 0 Å². The molecule has 18 heavy (non-hydrogen) atoms. The molecule has 0 unspecified atom stereocenters. The van der Waals surface area contributed by atoms with Crippen molar-refractivity contribution in [2.75, 3.05) is 18.5 Å². The molecule has 1 aliphatic heterocycles. The van der Waals surface area contributed by atoms with Crippen LogP contribution in [0.2, 0.25) is 0 Å². The number of nitriles is 1. The number of carboxylic acid groups (broad SMARTS) is 1. The maximum Gasteiger partial charge on any atom is 0.346 e. The number of rotatable bonds is 2. The van der Waals surface area contributed by atoms with Crippen LogP contribution in [0.5, 0.6) is 0 Å². The van der Waals surface area contributed by atoms with Crippen molar-refractivity contribution in [2.45, 2.75) is 12.8 Å². The minimum absolute atomic E-state index is 0.237. The molecule has 0 saturated heterocycles. The van der Waals surface area contributed by atoms with Crippen molar-refractivity contribution in [3.63, 3.8) is 0 Å². The smallest absolute Gasteiger partial charge is 0.346 e. The van der Waals surface area contributed by atoms with Gasteiger partial charge in [0.25, 0.3) is 0 Å². The van der Waals surface area contributed by atoms with E-state index >= 15 is 0 Å². The van der Waals surface area contributed by atoms with E-state index in [0.29, 0.717) is 0 Å². The lowest BCUT2D eigenvalue weighted by atomic mass is 9.99. The van der Waals surface area contributed by atoms with E-state index in [2.05, 4.69) is 4.90 Å². The van der Waals surface area contributed by atoms with Crippen LogP contribution in [0.15, 0.2) is 23.8 Å². The Morgan fingerprint density at radius 3 is 3.00 bits per heavy atom. The summed E-state index contributed by atoms with van der Waals surface area (Å²) in [4.78, 5) is 13.0. The fraction of sp³-hybridized carbons (Fsp3) is 0.286. The molecule has 4 heteroatoms. The second-order valence-electron chi connectivity index (χ2n) is 4.39. The Morgan fingerprint density at radius 1 is 1.56 bits per heavy atom. The summed E-state index contributed by atoms with van der Waals surface area (Å²) in [6, 6.07) is 7.48. The monoisotopic (exact) mass is 242 g/mol. The first-order valence-corrected chi connectivity index (χ1v) is 5.81. The van der Waals surface area contributed by atoms with Gasteiger partial charge in [0, 0.05) is 19.3 Å². The molecule has 0 saturated carbocycles. The first-order chi connectivity index (χ1) is 8.61. The van der Waals surface area contributed by atoms with Crippen molar-refractivity contribution in [1.82, 2.24) is 0 Å². The number of hydrogen-bond donors (Lipinski definition) is 1. The maximum absolute atomic E-state index is 10.8. The molecule has 1 aromatic carbocycles. The van der Waals surface area contributed by atoms with Gasteiger partial charge in [-0.1, -0.05) is 6.07 Å². The zero-order valence-electron chi connectivity index (χ0n) is 10.2. The lowest BCUT2D eigenvalue weighted by Gasteiger charge is -2.27. The van der Waals surface area contributed by atoms with Crippen LogP contribution in [-0.2, 0) is 11.2 Å². The molecule has 0 fully saturated rings. The largest absolute Gasteiger partial charge is 0.477 e. The van der Waals surface area contributed by atoms with Gasteiger partial charge in [-0.25, -0.2) is 4.79 Å². The number of carboxylic acids is 1. The first-order valence-electron chi connectivity index (χ1n) is 5.81. The molecule has 2 rings (SSSR count). The quantitative estimate of drug-likeness (QED) is 0.637. The molecule has 0 atom stereocenters. The van der Waals surface area contributed by atoms with Crippen LogP contribution >= 0.6 is 0 Å². The van der Waals surface area contributed by atoms with Crippen LogP contribution in [0.4, 0.5) is 5.69 Å². The van der Waals surface area contributed by atoms with Crippen molar-refractivity contribution in [3.8, 4) is 6.07 Å². The highest BCUT2D eigenvalue weighted by molar-refractivity contribution is 5.96. The van der Waals surface area contributed by atoms with Gasteiger partial charge >= 0.3 is 5.97 Å². The molecule has 0 aromatic heterocycles. The molecule has 1 aliphatic rings. The second kappa shape index (κ2) is 4.92. The van der Waals surface area contributed by atoms with E-state index < -0.39 is 5.97 Å². The number of benzene rings is 1. The standard InChI is InChI=1S/C14H14N2O2/c1-16-6-2-3-11-7-10(4-5-13(11)16)8-12(9-15)14(17)18/h4-5,7-8H,2-3,6H2,1H3,(H,17,18). The molecule has 0 aliphatic carbocycles. The molecular weight excluding hydrogens is 228 g/mol. The van der Waals surface area contributed by atoms with Gasteiger partial charge in [0.2, 0.25) is 0 Å². The summed E-state index contributed by atoms with van der Waals surface area (Å²) in [6.45, 7) is 1.04. The van der Waals surface area contributed by atoms with E-state index in [1.807, 2.05) is 25.2 Å². The van der Waals surface area contributed by atoms with Gasteiger partial charge in [0.1, 0.15) is 11.6 Å². The van der Waals surface area contributed by atoms with Gasteiger partial charge in [-0.15, -0.1) is 0 Å². The van der Waals surface area contributed by atoms with E-state index in [1.54, 1.807) is 6.07 Å². The second-order valence-corrected chi connectivity index (χ2v) is 4.39. The Kier molecular flexibility index (Phi) is 3.33. The average molecular weight is 242 g/mol. The number of fused-ring (bicyclic) bond motifs is 1. The molecule has 4 nitrogen and oxygen atoms in total. The summed E-state index contributed by atoms with van der Waals surface area (Å²) in [5, 5.41) is 17.5. The number of aliphatic carboxylic acids is 1. The van der Waals surface area contributed by atoms with Crippen LogP contribution in [0.25, 0.3) is 6.08 Å². The Balaban J connectivity index is 2.38. The van der Waals surface area contributed by atoms with Gasteiger partial charge in [-0.3, -0.25) is 0 Å². The fourth-order valence-corrected chi connectivity index (χ4v) is 2.20. The minimum Gasteiger partial charge on any atom is -0.477 e. The molecular formula is C14H14N2O2. The van der Waals surface area contributed by atoms with Gasteiger partial charge in [-0.2, -0.15) is 5.26 Å². The number of hydrogen-bond acceptors (Lipinski definition) is 3. The third-order valence-corrected chi connectivity index (χ3v) is 3.12. The molecule has 0 amide bonds. The van der Waals surface area contributed by atoms with E-state index in [9.17, 15) is 4.79 Å². The van der Waals surface area contributed by atoms with Gasteiger partial charge in [-0.05, 0) is 42.2 Å². The normalized spacial score (nSPS) is 14.9. The van der Waals surface area contributed by atoms with E-state index in [4.69, 9.17) is 10.4 Å². The maximum atomic E-state index is 10.8. The third-order valence-electron chi connectivity index (χ3n) is 3.12. The summed E-state index contributed by atoms with van der Waals surface area (Å²) >= 11 is 0. The van der Waals surface area contributed by atoms with E-state index in [-0.39, 0.29) is 5.57 Å². The third kappa shape index (κ3) is 2.35. The fourth-order valence-electron chi connectivity index (χ4n) is 2.20. The zero-order valence-corrected chi connectivity index (χ0v) is 10.2. The predicted molar refractivity (Wildman–Crippen MR) is 69.3 cm³/mol. The minimum atomic E-state index is -1.19. The summed E-state index contributed by atoms with van der Waals surface area (Å²) in [6.07, 6.45) is 3.51. The van der Waals surface area contributed by atoms with Gasteiger partial charge in [0.15, 0.2) is 0 Å². The molecule has 1 N–H and O–H groups in total. The topological polar surface area (TPSA) is 64.3 Å². The lowest BCUT2D eigenvalue weighted by Crippen LogP contribution is -2.24. The highest BCUT2D eigenvalue weighted by Gasteiger charge is 2.14. The molecule has 0 bridgehead atoms. The number of anilines is 1. The molecule has 1 heterocycles. The van der Waals surface area contributed by atoms with Crippen LogP contribution in [0.3, 0.4) is 0 Å². The highest BCUT2D eigenvalue weighted by Crippen LogP contribution is 2.27. The van der Waals surface area contributed by atoms with Crippen molar-refractivity contribution >= 4 is 17.7 Å². The summed E-state index contributed by atoms with van der Waals surface area (Å²) in [5.74, 6) is -1.19. The predicted octanol–water partition coefficient (Wildman–Crippen LogP) is 2.06. The Bertz CT molecular complexity index is 555. The zero-order chi connectivity index (χ0) is 13.1. The summed E-state index contributed by atoms with van der Waals surface area (Å²) in [5.41, 5.74) is 2.93. The summed E-state index contributed by atoms with van der Waals surface area (Å²) < 4.78 is 0. The molecule has 0 spiro atoms. The molecule has 1 aromatic rings. The van der Waals surface area contributed by atoms with Crippen LogP contribution in [-0.4, -0.2) is 24.7 Å². The van der Waals surface area contributed by atoms with E-state index in [1.165, 1.54) is 17.3 Å². The number of aryl methyl sites for hydroxylation is 1. The number of carbonyl (C=O) groups is 1.